The summed E-state index contributed by atoms with van der Waals surface area (Å²) in [6.07, 6.45) is 0.117. The van der Waals surface area contributed by atoms with E-state index in [9.17, 15) is 24.0 Å². The van der Waals surface area contributed by atoms with Crippen LogP contribution in [0.3, 0.4) is 0 Å². The summed E-state index contributed by atoms with van der Waals surface area (Å²) < 4.78 is 15.9. The summed E-state index contributed by atoms with van der Waals surface area (Å²) in [7, 11) is 0. The van der Waals surface area contributed by atoms with Gasteiger partial charge in [-0.15, -0.1) is 0 Å². The zero-order valence-corrected chi connectivity index (χ0v) is 18.5. The van der Waals surface area contributed by atoms with Crippen molar-refractivity contribution in [2.75, 3.05) is 51.5 Å². The molecule has 0 radical (unpaired) electrons. The summed E-state index contributed by atoms with van der Waals surface area (Å²) in [5.41, 5.74) is 0.868. The van der Waals surface area contributed by atoms with E-state index in [-0.39, 0.29) is 37.0 Å². The van der Waals surface area contributed by atoms with Crippen molar-refractivity contribution in [1.29, 1.82) is 0 Å². The fraction of sp³-hybridized carbons (Fsp3) is 0.500. The van der Waals surface area contributed by atoms with Crippen molar-refractivity contribution < 1.29 is 43.3 Å². The van der Waals surface area contributed by atoms with Crippen LogP contribution in [0.5, 0.6) is 0 Å². The molecular formula is C22H27N3O9. The number of carboxylic acid groups (broad SMARTS) is 1. The third-order valence-corrected chi connectivity index (χ3v) is 5.23. The second-order valence-electron chi connectivity index (χ2n) is 7.58. The quantitative estimate of drug-likeness (QED) is 0.246. The predicted molar refractivity (Wildman–Crippen MR) is 116 cm³/mol. The van der Waals surface area contributed by atoms with Gasteiger partial charge in [0.2, 0.25) is 11.8 Å². The molecule has 3 rings (SSSR count). The molecule has 4 amide bonds. The van der Waals surface area contributed by atoms with E-state index in [4.69, 9.17) is 19.3 Å². The van der Waals surface area contributed by atoms with Gasteiger partial charge in [-0.3, -0.25) is 34.2 Å². The molecule has 2 aliphatic heterocycles. The first-order chi connectivity index (χ1) is 16.4. The Morgan fingerprint density at radius 3 is 2.35 bits per heavy atom. The number of aliphatic carboxylic acids is 1. The number of nitrogens with zero attached hydrogens (tertiary/aromatic N) is 1. The van der Waals surface area contributed by atoms with Crippen LogP contribution in [0, 0.1) is 0 Å². The minimum absolute atomic E-state index is 0.0462. The Labute approximate surface area is 195 Å². The van der Waals surface area contributed by atoms with Gasteiger partial charge in [-0.2, -0.15) is 0 Å². The van der Waals surface area contributed by atoms with E-state index >= 15 is 0 Å². The molecule has 3 N–H and O–H groups in total. The molecule has 0 spiro atoms. The number of anilines is 1. The second-order valence-corrected chi connectivity index (χ2v) is 7.58. The van der Waals surface area contributed by atoms with Crippen LogP contribution in [-0.4, -0.2) is 91.8 Å². The number of carboxylic acids is 1. The number of rotatable bonds is 14. The van der Waals surface area contributed by atoms with Gasteiger partial charge in [0.1, 0.15) is 6.04 Å². The van der Waals surface area contributed by atoms with E-state index in [1.165, 1.54) is 6.07 Å². The molecule has 1 unspecified atom stereocenters. The Morgan fingerprint density at radius 1 is 1.00 bits per heavy atom. The van der Waals surface area contributed by atoms with E-state index in [0.717, 1.165) is 4.90 Å². The Morgan fingerprint density at radius 2 is 1.68 bits per heavy atom. The van der Waals surface area contributed by atoms with Crippen LogP contribution >= 0.6 is 0 Å². The van der Waals surface area contributed by atoms with Gasteiger partial charge in [0.15, 0.2) is 0 Å². The summed E-state index contributed by atoms with van der Waals surface area (Å²) in [4.78, 5) is 60.7. The minimum atomic E-state index is -1.01. The van der Waals surface area contributed by atoms with E-state index < -0.39 is 35.6 Å². The maximum Gasteiger partial charge on any atom is 0.305 e. The molecule has 34 heavy (non-hydrogen) atoms. The molecule has 184 valence electrons. The Kier molecular flexibility index (Phi) is 9.08. The van der Waals surface area contributed by atoms with Crippen molar-refractivity contribution >= 4 is 35.3 Å². The lowest BCUT2D eigenvalue weighted by molar-refractivity contribution is -0.138. The normalized spacial score (nSPS) is 17.6. The standard InChI is InChI=1S/C22H27N3O9/c26-17-5-4-16(20(29)24-17)25-21(30)14-2-1-3-15(19(14)22(25)31)23-7-9-33-11-13-34-12-10-32-8-6-18(27)28/h1-3,16,23H,4-13H2,(H,27,28)(H,24,26,29). The van der Waals surface area contributed by atoms with Crippen molar-refractivity contribution in [3.05, 3.63) is 29.3 Å². The van der Waals surface area contributed by atoms with Gasteiger partial charge < -0.3 is 24.6 Å². The van der Waals surface area contributed by atoms with E-state index in [0.29, 0.717) is 45.3 Å². The molecule has 1 saturated heterocycles. The van der Waals surface area contributed by atoms with Gasteiger partial charge >= 0.3 is 5.97 Å². The average molecular weight is 477 g/mol. The fourth-order valence-corrected chi connectivity index (χ4v) is 3.62. The van der Waals surface area contributed by atoms with Gasteiger partial charge in [0.05, 0.1) is 57.2 Å². The van der Waals surface area contributed by atoms with Crippen LogP contribution in [0.15, 0.2) is 18.2 Å². The maximum atomic E-state index is 13.0. The van der Waals surface area contributed by atoms with Crippen LogP contribution in [0.2, 0.25) is 0 Å². The number of imide groups is 2. The Bertz CT molecular complexity index is 950. The first-order valence-corrected chi connectivity index (χ1v) is 10.9. The molecule has 1 aromatic carbocycles. The number of hydrogen-bond acceptors (Lipinski definition) is 9. The SMILES string of the molecule is O=C(O)CCOCCOCCOCCNc1cccc2c1C(=O)N(C1CCC(=O)NC1=O)C2=O. The van der Waals surface area contributed by atoms with Crippen LogP contribution in [-0.2, 0) is 28.6 Å². The van der Waals surface area contributed by atoms with Crippen LogP contribution < -0.4 is 10.6 Å². The van der Waals surface area contributed by atoms with Crippen molar-refractivity contribution in [1.82, 2.24) is 10.2 Å². The number of carbonyl (C=O) groups is 5. The number of carbonyl (C=O) groups excluding carboxylic acids is 4. The molecule has 0 aromatic heterocycles. The summed E-state index contributed by atoms with van der Waals surface area (Å²) >= 11 is 0. The molecule has 0 bridgehead atoms. The van der Waals surface area contributed by atoms with Crippen molar-refractivity contribution in [2.24, 2.45) is 0 Å². The largest absolute Gasteiger partial charge is 0.481 e. The smallest absolute Gasteiger partial charge is 0.305 e. The van der Waals surface area contributed by atoms with E-state index in [2.05, 4.69) is 10.6 Å². The monoisotopic (exact) mass is 477 g/mol. The molecule has 1 atom stereocenters. The summed E-state index contributed by atoms with van der Waals surface area (Å²) in [6, 6.07) is 3.84. The highest BCUT2D eigenvalue weighted by atomic mass is 16.5. The topological polar surface area (TPSA) is 161 Å². The van der Waals surface area contributed by atoms with Crippen molar-refractivity contribution in [3.8, 4) is 0 Å². The third kappa shape index (κ3) is 6.37. The summed E-state index contributed by atoms with van der Waals surface area (Å²) in [6.45, 7) is 2.15. The summed E-state index contributed by atoms with van der Waals surface area (Å²) in [5.74, 6) is -3.11. The first kappa shape index (κ1) is 25.3. The zero-order valence-electron chi connectivity index (χ0n) is 18.5. The number of hydrogen-bond donors (Lipinski definition) is 3. The molecular weight excluding hydrogens is 450 g/mol. The lowest BCUT2D eigenvalue weighted by atomic mass is 10.0. The van der Waals surface area contributed by atoms with Crippen molar-refractivity contribution in [2.45, 2.75) is 25.3 Å². The van der Waals surface area contributed by atoms with Gasteiger partial charge in [0.25, 0.3) is 11.8 Å². The predicted octanol–water partition coefficient (Wildman–Crippen LogP) is 0.0242. The van der Waals surface area contributed by atoms with Crippen LogP contribution in [0.1, 0.15) is 40.0 Å². The lowest BCUT2D eigenvalue weighted by Gasteiger charge is -2.27. The third-order valence-electron chi connectivity index (χ3n) is 5.23. The molecule has 1 fully saturated rings. The van der Waals surface area contributed by atoms with Gasteiger partial charge in [-0.25, -0.2) is 0 Å². The highest BCUT2D eigenvalue weighted by Gasteiger charge is 2.45. The highest BCUT2D eigenvalue weighted by molar-refractivity contribution is 6.25. The number of fused-ring (bicyclic) bond motifs is 1. The lowest BCUT2D eigenvalue weighted by Crippen LogP contribution is -2.54. The fourth-order valence-electron chi connectivity index (χ4n) is 3.62. The first-order valence-electron chi connectivity index (χ1n) is 10.9. The van der Waals surface area contributed by atoms with E-state index in [1.54, 1.807) is 12.1 Å². The summed E-state index contributed by atoms with van der Waals surface area (Å²) in [5, 5.41) is 13.7. The highest BCUT2D eigenvalue weighted by Crippen LogP contribution is 2.32. The Balaban J connectivity index is 1.40. The Hall–Kier alpha value is -3.35. The number of benzene rings is 1. The second kappa shape index (κ2) is 12.2. The van der Waals surface area contributed by atoms with Crippen LogP contribution in [0.25, 0.3) is 0 Å². The molecule has 0 aliphatic carbocycles. The number of ether oxygens (including phenoxy) is 3. The van der Waals surface area contributed by atoms with E-state index in [1.807, 2.05) is 0 Å². The van der Waals surface area contributed by atoms with Crippen LogP contribution in [0.4, 0.5) is 5.69 Å². The van der Waals surface area contributed by atoms with Gasteiger partial charge in [-0.05, 0) is 18.6 Å². The molecule has 1 aromatic rings. The van der Waals surface area contributed by atoms with Gasteiger partial charge in [-0.1, -0.05) is 6.07 Å². The molecule has 2 heterocycles. The minimum Gasteiger partial charge on any atom is -0.481 e. The average Bonchev–Trinajstić information content (AvgIpc) is 3.05. The van der Waals surface area contributed by atoms with Crippen molar-refractivity contribution in [3.63, 3.8) is 0 Å². The molecule has 12 nitrogen and oxygen atoms in total. The molecule has 2 aliphatic rings. The number of amides is 4. The molecule has 12 heteroatoms. The molecule has 0 saturated carbocycles. The maximum absolute atomic E-state index is 13.0. The number of piperidine rings is 1. The zero-order chi connectivity index (χ0) is 24.5. The number of nitrogens with one attached hydrogen (secondary N) is 2. The van der Waals surface area contributed by atoms with Gasteiger partial charge in [0, 0.05) is 18.7 Å².